The highest BCUT2D eigenvalue weighted by Crippen LogP contribution is 2.47. The van der Waals surface area contributed by atoms with E-state index in [1.165, 1.54) is 55.8 Å². The van der Waals surface area contributed by atoms with Crippen molar-refractivity contribution in [1.82, 2.24) is 0 Å². The van der Waals surface area contributed by atoms with Crippen molar-refractivity contribution in [2.24, 2.45) is 0 Å². The SMILES string of the molecule is CC(C)(C)c1ccc2c(c1)N(c1ccc(Cl)cc1)c1cc(C(C)(C)C)cc3c1B2c1ccc(C(C)(C)C)cc1N3c1ccc(Cl)cc1. The zero-order chi connectivity index (χ0) is 33.6. The molecule has 0 spiro atoms. The minimum atomic E-state index is -0.0839. The Morgan fingerprint density at radius 1 is 0.426 bits per heavy atom. The highest BCUT2D eigenvalue weighted by atomic mass is 35.5. The summed E-state index contributed by atoms with van der Waals surface area (Å²) in [7, 11) is 0. The summed E-state index contributed by atoms with van der Waals surface area (Å²) < 4.78 is 0. The number of fused-ring (bicyclic) bond motifs is 4. The van der Waals surface area contributed by atoms with Crippen molar-refractivity contribution >= 4 is 80.4 Å². The van der Waals surface area contributed by atoms with Gasteiger partial charge < -0.3 is 9.80 Å². The van der Waals surface area contributed by atoms with Gasteiger partial charge in [-0.05, 0) is 122 Å². The van der Waals surface area contributed by atoms with Crippen molar-refractivity contribution in [1.29, 1.82) is 0 Å². The van der Waals surface area contributed by atoms with E-state index in [0.717, 1.165) is 21.4 Å². The first-order chi connectivity index (χ1) is 22.0. The van der Waals surface area contributed by atoms with Crippen molar-refractivity contribution in [2.45, 2.75) is 78.6 Å². The normalized spacial score (nSPS) is 14.1. The third kappa shape index (κ3) is 5.46. The number of anilines is 6. The molecule has 238 valence electrons. The van der Waals surface area contributed by atoms with Gasteiger partial charge in [-0.2, -0.15) is 0 Å². The van der Waals surface area contributed by atoms with Gasteiger partial charge in [-0.25, -0.2) is 0 Å². The van der Waals surface area contributed by atoms with E-state index < -0.39 is 0 Å². The zero-order valence-electron chi connectivity index (χ0n) is 29.0. The molecule has 0 fully saturated rings. The third-order valence-electron chi connectivity index (χ3n) is 9.84. The van der Waals surface area contributed by atoms with Crippen LogP contribution in [0.5, 0.6) is 0 Å². The maximum absolute atomic E-state index is 6.47. The predicted octanol–water partition coefficient (Wildman–Crippen LogP) is 11.0. The van der Waals surface area contributed by atoms with Crippen LogP contribution in [0.3, 0.4) is 0 Å². The summed E-state index contributed by atoms with van der Waals surface area (Å²) in [6.45, 7) is 20.7. The summed E-state index contributed by atoms with van der Waals surface area (Å²) in [6.07, 6.45) is 0. The first-order valence-corrected chi connectivity index (χ1v) is 17.4. The van der Waals surface area contributed by atoms with Crippen molar-refractivity contribution in [2.75, 3.05) is 9.80 Å². The van der Waals surface area contributed by atoms with E-state index in [1.807, 2.05) is 24.3 Å². The maximum atomic E-state index is 6.47. The Hall–Kier alpha value is -3.66. The minimum Gasteiger partial charge on any atom is -0.311 e. The van der Waals surface area contributed by atoms with Gasteiger partial charge >= 0.3 is 0 Å². The summed E-state index contributed by atoms with van der Waals surface area (Å²) >= 11 is 12.9. The fourth-order valence-corrected chi connectivity index (χ4v) is 7.34. The number of nitrogens with zero attached hydrogens (tertiary/aromatic N) is 2. The second-order valence-corrected chi connectivity index (χ2v) is 17.2. The molecule has 2 aliphatic heterocycles. The second-order valence-electron chi connectivity index (χ2n) is 16.3. The quantitative estimate of drug-likeness (QED) is 0.171. The lowest BCUT2D eigenvalue weighted by atomic mass is 9.33. The molecule has 2 heterocycles. The van der Waals surface area contributed by atoms with Gasteiger partial charge in [-0.3, -0.25) is 0 Å². The van der Waals surface area contributed by atoms with Crippen molar-refractivity contribution in [3.05, 3.63) is 124 Å². The molecule has 0 atom stereocenters. The lowest BCUT2D eigenvalue weighted by Gasteiger charge is -2.45. The largest absolute Gasteiger partial charge is 0.311 e. The van der Waals surface area contributed by atoms with Crippen LogP contribution in [0.1, 0.15) is 79.0 Å². The molecule has 0 aromatic heterocycles. The van der Waals surface area contributed by atoms with Crippen LogP contribution >= 0.6 is 23.2 Å². The Bertz CT molecular complexity index is 1870. The molecule has 5 aromatic carbocycles. The van der Waals surface area contributed by atoms with Gasteiger partial charge in [0.1, 0.15) is 0 Å². The molecule has 5 heteroatoms. The van der Waals surface area contributed by atoms with Gasteiger partial charge in [0.15, 0.2) is 0 Å². The van der Waals surface area contributed by atoms with Crippen LogP contribution < -0.4 is 26.2 Å². The van der Waals surface area contributed by atoms with Gasteiger partial charge in [0, 0.05) is 44.2 Å². The molecule has 47 heavy (non-hydrogen) atoms. The topological polar surface area (TPSA) is 6.48 Å². The Balaban J connectivity index is 1.63. The predicted molar refractivity (Wildman–Crippen MR) is 207 cm³/mol. The molecule has 0 saturated carbocycles. The summed E-state index contributed by atoms with van der Waals surface area (Å²) in [5.41, 5.74) is 14.8. The monoisotopic (exact) mass is 656 g/mol. The standard InChI is InChI=1S/C42H43BCl2N2/c1-40(2,3)26-10-20-33-35(22-26)46(31-16-12-29(44)13-17-31)37-24-28(42(7,8)9)25-38-39(37)43(33)34-21-11-27(41(4,5)6)23-36(34)47(38)32-18-14-30(45)15-19-32/h10-25H,1-9H3. The number of halogens is 2. The van der Waals surface area contributed by atoms with Crippen molar-refractivity contribution in [3.63, 3.8) is 0 Å². The maximum Gasteiger partial charge on any atom is 0.252 e. The zero-order valence-corrected chi connectivity index (χ0v) is 30.5. The lowest BCUT2D eigenvalue weighted by molar-refractivity contribution is 0.590. The van der Waals surface area contributed by atoms with E-state index in [1.54, 1.807) is 0 Å². The van der Waals surface area contributed by atoms with Crippen LogP contribution in [0, 0.1) is 0 Å². The van der Waals surface area contributed by atoms with Crippen LogP contribution in [-0.2, 0) is 16.2 Å². The molecule has 0 radical (unpaired) electrons. The molecular formula is C42H43BCl2N2. The fraction of sp³-hybridized carbons (Fsp3) is 0.286. The minimum absolute atomic E-state index is 0.00312. The molecule has 5 aromatic rings. The average molecular weight is 658 g/mol. The molecule has 2 nitrogen and oxygen atoms in total. The first kappa shape index (κ1) is 31.9. The molecule has 0 unspecified atom stereocenters. The summed E-state index contributed by atoms with van der Waals surface area (Å²) in [5.74, 6) is 0. The van der Waals surface area contributed by atoms with E-state index in [4.69, 9.17) is 23.2 Å². The molecule has 7 rings (SSSR count). The highest BCUT2D eigenvalue weighted by Gasteiger charge is 2.44. The molecule has 2 aliphatic rings. The highest BCUT2D eigenvalue weighted by molar-refractivity contribution is 7.00. The smallest absolute Gasteiger partial charge is 0.252 e. The van der Waals surface area contributed by atoms with Crippen LogP contribution in [-0.4, -0.2) is 6.71 Å². The van der Waals surface area contributed by atoms with E-state index >= 15 is 0 Å². The number of hydrogen-bond acceptors (Lipinski definition) is 2. The number of hydrogen-bond donors (Lipinski definition) is 0. The number of rotatable bonds is 2. The molecule has 0 amide bonds. The Morgan fingerprint density at radius 2 is 0.766 bits per heavy atom. The second kappa shape index (κ2) is 10.9. The van der Waals surface area contributed by atoms with E-state index in [2.05, 4.69) is 145 Å². The molecule has 0 bridgehead atoms. The number of benzene rings is 5. The van der Waals surface area contributed by atoms with Crippen LogP contribution in [0.15, 0.2) is 97.1 Å². The Morgan fingerprint density at radius 3 is 1.11 bits per heavy atom. The van der Waals surface area contributed by atoms with Crippen LogP contribution in [0.2, 0.25) is 10.0 Å². The lowest BCUT2D eigenvalue weighted by Crippen LogP contribution is -2.61. The molecule has 0 saturated heterocycles. The Kier molecular flexibility index (Phi) is 7.43. The van der Waals surface area contributed by atoms with Gasteiger partial charge in [0.25, 0.3) is 6.71 Å². The van der Waals surface area contributed by atoms with Gasteiger partial charge in [-0.1, -0.05) is 110 Å². The van der Waals surface area contributed by atoms with Gasteiger partial charge in [0.05, 0.1) is 0 Å². The van der Waals surface area contributed by atoms with Crippen LogP contribution in [0.25, 0.3) is 0 Å². The molecule has 0 N–H and O–H groups in total. The van der Waals surface area contributed by atoms with Gasteiger partial charge in [0.2, 0.25) is 0 Å². The van der Waals surface area contributed by atoms with Crippen molar-refractivity contribution < 1.29 is 0 Å². The molecule has 0 aliphatic carbocycles. The first-order valence-electron chi connectivity index (χ1n) is 16.6. The van der Waals surface area contributed by atoms with Gasteiger partial charge in [-0.15, -0.1) is 0 Å². The van der Waals surface area contributed by atoms with Crippen LogP contribution in [0.4, 0.5) is 34.1 Å². The summed E-state index contributed by atoms with van der Waals surface area (Å²) in [5, 5.41) is 1.46. The third-order valence-corrected chi connectivity index (χ3v) is 10.3. The van der Waals surface area contributed by atoms with Crippen molar-refractivity contribution in [3.8, 4) is 0 Å². The average Bonchev–Trinajstić information content (AvgIpc) is 3.00. The van der Waals surface area contributed by atoms with E-state index in [9.17, 15) is 0 Å². The molecular weight excluding hydrogens is 614 g/mol. The summed E-state index contributed by atoms with van der Waals surface area (Å²) in [4.78, 5) is 4.94. The summed E-state index contributed by atoms with van der Waals surface area (Å²) in [6, 6.07) is 35.7. The van der Waals surface area contributed by atoms with E-state index in [0.29, 0.717) is 0 Å². The Labute approximate surface area is 291 Å². The fourth-order valence-electron chi connectivity index (χ4n) is 7.09. The van der Waals surface area contributed by atoms with E-state index in [-0.39, 0.29) is 23.0 Å².